The Bertz CT molecular complexity index is 897. The van der Waals surface area contributed by atoms with Crippen molar-refractivity contribution in [2.75, 3.05) is 19.7 Å². The van der Waals surface area contributed by atoms with Gasteiger partial charge in [0.15, 0.2) is 0 Å². The quantitative estimate of drug-likeness (QED) is 0.779. The van der Waals surface area contributed by atoms with Crippen LogP contribution in [0.5, 0.6) is 0 Å². The first-order chi connectivity index (χ1) is 12.3. The zero-order valence-electron chi connectivity index (χ0n) is 14.1. The van der Waals surface area contributed by atoms with Crippen LogP contribution in [0.2, 0.25) is 0 Å². The van der Waals surface area contributed by atoms with Crippen LogP contribution in [0.1, 0.15) is 29.8 Å². The number of H-pyrrole nitrogens is 1. The van der Waals surface area contributed by atoms with E-state index >= 15 is 0 Å². The maximum Gasteiger partial charge on any atom is 0.112 e. The summed E-state index contributed by atoms with van der Waals surface area (Å²) >= 11 is 0. The fraction of sp³-hybridized carbons (Fsp3) is 0.421. The highest BCUT2D eigenvalue weighted by molar-refractivity contribution is 5.73. The van der Waals surface area contributed by atoms with Crippen molar-refractivity contribution >= 4 is 11.0 Å². The molecule has 6 nitrogen and oxygen atoms in total. The van der Waals surface area contributed by atoms with Crippen molar-refractivity contribution < 1.29 is 4.74 Å². The summed E-state index contributed by atoms with van der Waals surface area (Å²) in [6.45, 7) is 3.62. The van der Waals surface area contributed by atoms with E-state index in [2.05, 4.69) is 20.1 Å². The summed E-state index contributed by atoms with van der Waals surface area (Å²) in [5.41, 5.74) is 5.29. The summed E-state index contributed by atoms with van der Waals surface area (Å²) in [5.74, 6) is 0. The molecule has 0 aliphatic carbocycles. The Labute approximate surface area is 146 Å². The minimum absolute atomic E-state index is 0.171. The lowest BCUT2D eigenvalue weighted by atomic mass is 9.84. The van der Waals surface area contributed by atoms with E-state index in [1.54, 1.807) is 0 Å². The number of hydrogen-bond acceptors (Lipinski definition) is 5. The lowest BCUT2D eigenvalue weighted by Gasteiger charge is -2.43. The van der Waals surface area contributed by atoms with E-state index in [4.69, 9.17) is 9.72 Å². The molecule has 6 heteroatoms. The summed E-state index contributed by atoms with van der Waals surface area (Å²) in [6.07, 6.45) is 6.80. The van der Waals surface area contributed by atoms with Crippen LogP contribution in [-0.2, 0) is 23.3 Å². The number of ether oxygens (including phenoxy) is 1. The number of nitrogens with zero attached hydrogens (tertiary/aromatic N) is 4. The smallest absolute Gasteiger partial charge is 0.112 e. The van der Waals surface area contributed by atoms with E-state index in [0.717, 1.165) is 62.2 Å². The predicted octanol–water partition coefficient (Wildman–Crippen LogP) is 2.42. The maximum absolute atomic E-state index is 6.22. The van der Waals surface area contributed by atoms with E-state index in [-0.39, 0.29) is 5.60 Å². The molecule has 0 saturated carbocycles. The molecule has 4 heterocycles. The van der Waals surface area contributed by atoms with Crippen molar-refractivity contribution in [3.8, 4) is 0 Å². The first kappa shape index (κ1) is 15.0. The highest BCUT2D eigenvalue weighted by Crippen LogP contribution is 2.40. The van der Waals surface area contributed by atoms with E-state index in [9.17, 15) is 0 Å². The molecular formula is C19H21N5O. The minimum Gasteiger partial charge on any atom is -0.368 e. The summed E-state index contributed by atoms with van der Waals surface area (Å²) in [6, 6.07) is 8.02. The number of benzene rings is 1. The highest BCUT2D eigenvalue weighted by atomic mass is 16.5. The third kappa shape index (κ3) is 2.62. The predicted molar refractivity (Wildman–Crippen MR) is 94.0 cm³/mol. The second-order valence-electron chi connectivity index (χ2n) is 6.99. The lowest BCUT2D eigenvalue weighted by Crippen LogP contribution is -2.46. The number of hydrogen-bond donors (Lipinski definition) is 1. The fourth-order valence-corrected chi connectivity index (χ4v) is 4.09. The zero-order chi connectivity index (χ0) is 16.7. The normalized spacial score (nSPS) is 20.0. The van der Waals surface area contributed by atoms with Crippen molar-refractivity contribution in [1.82, 2.24) is 25.1 Å². The van der Waals surface area contributed by atoms with Gasteiger partial charge in [-0.25, -0.2) is 4.98 Å². The largest absolute Gasteiger partial charge is 0.368 e. The molecule has 2 aromatic heterocycles. The van der Waals surface area contributed by atoms with Crippen molar-refractivity contribution in [3.63, 3.8) is 0 Å². The van der Waals surface area contributed by atoms with Crippen LogP contribution in [-0.4, -0.2) is 44.8 Å². The maximum atomic E-state index is 6.22. The Morgan fingerprint density at radius 3 is 2.84 bits per heavy atom. The van der Waals surface area contributed by atoms with E-state index in [1.165, 1.54) is 11.3 Å². The van der Waals surface area contributed by atoms with Gasteiger partial charge in [0.25, 0.3) is 0 Å². The van der Waals surface area contributed by atoms with Gasteiger partial charge >= 0.3 is 0 Å². The molecule has 1 aromatic carbocycles. The number of piperidine rings is 1. The van der Waals surface area contributed by atoms with Crippen LogP contribution in [0.25, 0.3) is 11.0 Å². The van der Waals surface area contributed by atoms with Crippen LogP contribution in [0, 0.1) is 0 Å². The molecule has 25 heavy (non-hydrogen) atoms. The molecule has 128 valence electrons. The van der Waals surface area contributed by atoms with E-state index in [0.29, 0.717) is 0 Å². The molecule has 2 aliphatic rings. The number of aromatic amines is 1. The molecule has 5 rings (SSSR count). The Balaban J connectivity index is 1.31. The van der Waals surface area contributed by atoms with Crippen molar-refractivity contribution in [2.45, 2.75) is 31.4 Å². The van der Waals surface area contributed by atoms with Gasteiger partial charge in [-0.3, -0.25) is 15.0 Å². The number of nitrogens with one attached hydrogen (secondary N) is 1. The van der Waals surface area contributed by atoms with Crippen molar-refractivity contribution in [1.29, 1.82) is 0 Å². The highest BCUT2D eigenvalue weighted by Gasteiger charge is 2.42. The number of fused-ring (bicyclic) bond motifs is 3. The van der Waals surface area contributed by atoms with Gasteiger partial charge < -0.3 is 4.74 Å². The number of rotatable bonds is 2. The van der Waals surface area contributed by atoms with Crippen LogP contribution in [0.15, 0.2) is 36.7 Å². The summed E-state index contributed by atoms with van der Waals surface area (Å²) in [5, 5.41) is 7.42. The Morgan fingerprint density at radius 2 is 1.96 bits per heavy atom. The van der Waals surface area contributed by atoms with Gasteiger partial charge in [0.1, 0.15) is 5.60 Å². The molecule has 0 atom stereocenters. The number of para-hydroxylation sites is 2. The number of aromatic nitrogens is 4. The summed E-state index contributed by atoms with van der Waals surface area (Å²) < 4.78 is 6.22. The third-order valence-electron chi connectivity index (χ3n) is 5.47. The molecule has 0 radical (unpaired) electrons. The Morgan fingerprint density at radius 1 is 1.12 bits per heavy atom. The minimum atomic E-state index is -0.171. The summed E-state index contributed by atoms with van der Waals surface area (Å²) in [7, 11) is 0. The molecule has 0 unspecified atom stereocenters. The van der Waals surface area contributed by atoms with Gasteiger partial charge in [0.2, 0.25) is 0 Å². The van der Waals surface area contributed by atoms with Crippen molar-refractivity contribution in [2.24, 2.45) is 0 Å². The molecule has 1 saturated heterocycles. The van der Waals surface area contributed by atoms with Gasteiger partial charge in [-0.15, -0.1) is 0 Å². The molecule has 0 amide bonds. The Kier molecular flexibility index (Phi) is 3.53. The van der Waals surface area contributed by atoms with Crippen LogP contribution < -0.4 is 0 Å². The van der Waals surface area contributed by atoms with E-state index < -0.39 is 0 Å². The summed E-state index contributed by atoms with van der Waals surface area (Å²) in [4.78, 5) is 11.7. The molecule has 0 bridgehead atoms. The number of likely N-dealkylation sites (tertiary alicyclic amines) is 1. The van der Waals surface area contributed by atoms with Crippen LogP contribution >= 0.6 is 0 Å². The van der Waals surface area contributed by atoms with Crippen molar-refractivity contribution in [3.05, 3.63) is 53.6 Å². The lowest BCUT2D eigenvalue weighted by molar-refractivity contribution is -0.102. The molecule has 1 spiro atoms. The van der Waals surface area contributed by atoms with Gasteiger partial charge in [-0.05, 0) is 37.0 Å². The van der Waals surface area contributed by atoms with Gasteiger partial charge in [0.05, 0.1) is 41.4 Å². The first-order valence-corrected chi connectivity index (χ1v) is 8.92. The van der Waals surface area contributed by atoms with Crippen LogP contribution in [0.3, 0.4) is 0 Å². The second kappa shape index (κ2) is 5.89. The zero-order valence-corrected chi connectivity index (χ0v) is 14.1. The van der Waals surface area contributed by atoms with E-state index in [1.807, 2.05) is 36.7 Å². The molecular weight excluding hydrogens is 314 g/mol. The molecule has 1 fully saturated rings. The van der Waals surface area contributed by atoms with Gasteiger partial charge in [-0.2, -0.15) is 5.10 Å². The van der Waals surface area contributed by atoms with Gasteiger partial charge in [-0.1, -0.05) is 12.1 Å². The van der Waals surface area contributed by atoms with Gasteiger partial charge in [0, 0.05) is 19.6 Å². The first-order valence-electron chi connectivity index (χ1n) is 8.92. The van der Waals surface area contributed by atoms with Crippen LogP contribution in [0.4, 0.5) is 0 Å². The fourth-order valence-electron chi connectivity index (χ4n) is 4.09. The Hall–Kier alpha value is -2.31. The SMILES string of the molecule is c1ccc2nc(CN3CCC4(CC3)OCCc3cn[nH]c34)cnc2c1. The topological polar surface area (TPSA) is 66.9 Å². The second-order valence-corrected chi connectivity index (χ2v) is 6.99. The standard InChI is InChI=1S/C19H21N5O/c1-2-4-17-16(3-1)20-12-15(22-17)13-24-8-6-19(7-9-24)18-14(5-10-25-19)11-21-23-18/h1-4,11-12H,5-10,13H2,(H,21,23). The molecule has 1 N–H and O–H groups in total. The average Bonchev–Trinajstić information content (AvgIpc) is 3.14. The monoisotopic (exact) mass is 335 g/mol. The molecule has 2 aliphatic heterocycles. The third-order valence-corrected chi connectivity index (χ3v) is 5.47. The average molecular weight is 335 g/mol. The molecule has 3 aromatic rings.